The Balaban J connectivity index is 1.33. The molecule has 0 aliphatic carbocycles. The van der Waals surface area contributed by atoms with E-state index < -0.39 is 28.0 Å². The minimum Gasteiger partial charge on any atom is -0.461 e. The van der Waals surface area contributed by atoms with Gasteiger partial charge in [-0.25, -0.2) is 13.9 Å². The van der Waals surface area contributed by atoms with Crippen LogP contribution < -0.4 is 14.8 Å². The lowest BCUT2D eigenvalue weighted by Gasteiger charge is -2.34. The van der Waals surface area contributed by atoms with Gasteiger partial charge in [-0.1, -0.05) is 30.3 Å². The van der Waals surface area contributed by atoms with E-state index in [9.17, 15) is 12.8 Å². The quantitative estimate of drug-likeness (QED) is 0.326. The van der Waals surface area contributed by atoms with Crippen molar-refractivity contribution in [1.29, 1.82) is 0 Å². The number of hydrogen-bond donors (Lipinski definition) is 1. The topological polar surface area (TPSA) is 124 Å². The van der Waals surface area contributed by atoms with Crippen LogP contribution in [0.5, 0.6) is 6.01 Å². The van der Waals surface area contributed by atoms with Gasteiger partial charge in [0.2, 0.25) is 0 Å². The molecule has 7 rings (SSSR count). The number of piperidine rings is 1. The van der Waals surface area contributed by atoms with Crippen LogP contribution >= 0.6 is 0 Å². The van der Waals surface area contributed by atoms with Gasteiger partial charge in [-0.05, 0) is 63.1 Å². The monoisotopic (exact) mass is 610 g/mol. The average molecular weight is 611 g/mol. The molecule has 0 amide bonds. The lowest BCUT2D eigenvalue weighted by atomic mass is 9.95. The Hall–Kier alpha value is -3.52. The maximum Gasteiger partial charge on any atom is 0.333 e. The number of hydrogen-bond acceptors (Lipinski definition) is 9. The highest BCUT2D eigenvalue weighted by Gasteiger charge is 2.45. The summed E-state index contributed by atoms with van der Waals surface area (Å²) in [4.78, 5) is 18.0. The number of fused-ring (bicyclic) bond motifs is 3. The first kappa shape index (κ1) is 28.3. The number of aromatic nitrogens is 3. The number of anilines is 1. The maximum atomic E-state index is 16.5. The summed E-state index contributed by atoms with van der Waals surface area (Å²) < 4.78 is 66.1. The van der Waals surface area contributed by atoms with Gasteiger partial charge in [0.05, 0.1) is 17.0 Å². The SMILES string of the molecule is NS(=O)(=O)OC1CCCN(c2nc(OCC34CCCN3CCC4)nc3c(F)c(-c4cccc5cccc(F)c45)ncc23)C1. The molecule has 1 unspecified atom stereocenters. The van der Waals surface area contributed by atoms with E-state index in [0.29, 0.717) is 48.1 Å². The van der Waals surface area contributed by atoms with Crippen molar-refractivity contribution in [3.8, 4) is 17.3 Å². The van der Waals surface area contributed by atoms with Crippen LogP contribution in [0.2, 0.25) is 0 Å². The first-order valence-electron chi connectivity index (χ1n) is 14.6. The van der Waals surface area contributed by atoms with E-state index in [0.717, 1.165) is 38.8 Å². The molecule has 43 heavy (non-hydrogen) atoms. The van der Waals surface area contributed by atoms with Gasteiger partial charge >= 0.3 is 16.3 Å². The Labute approximate surface area is 248 Å². The molecule has 0 saturated carbocycles. The predicted molar refractivity (Wildman–Crippen MR) is 158 cm³/mol. The first-order valence-corrected chi connectivity index (χ1v) is 16.1. The van der Waals surface area contributed by atoms with E-state index in [1.807, 2.05) is 4.90 Å². The van der Waals surface area contributed by atoms with E-state index in [-0.39, 0.29) is 34.7 Å². The molecule has 2 N–H and O–H groups in total. The normalized spacial score (nSPS) is 20.6. The van der Waals surface area contributed by atoms with Crippen molar-refractivity contribution in [2.24, 2.45) is 5.14 Å². The Morgan fingerprint density at radius 3 is 2.56 bits per heavy atom. The molecule has 3 saturated heterocycles. The number of halogens is 2. The van der Waals surface area contributed by atoms with Gasteiger partial charge in [0.25, 0.3) is 0 Å². The van der Waals surface area contributed by atoms with Crippen molar-refractivity contribution in [1.82, 2.24) is 19.9 Å². The second-order valence-corrected chi connectivity index (χ2v) is 12.8. The van der Waals surface area contributed by atoms with Crippen molar-refractivity contribution >= 4 is 37.8 Å². The summed E-state index contributed by atoms with van der Waals surface area (Å²) in [6, 6.07) is 9.85. The van der Waals surface area contributed by atoms with Crippen LogP contribution in [0.15, 0.2) is 42.6 Å². The third-order valence-corrected chi connectivity index (χ3v) is 9.52. The zero-order chi connectivity index (χ0) is 29.8. The Morgan fingerprint density at radius 2 is 1.79 bits per heavy atom. The third-order valence-electron chi connectivity index (χ3n) is 8.98. The second kappa shape index (κ2) is 10.9. The Bertz CT molecular complexity index is 1810. The van der Waals surface area contributed by atoms with Gasteiger partial charge in [0.1, 0.15) is 29.5 Å². The molecule has 0 spiro atoms. The standard InChI is InChI=1S/C30H32F2N6O4S/c31-23-10-2-7-19-6-1-9-21(24(19)23)26-25(32)27-22(16-34-26)28(37-13-3-8-20(17-37)42-43(33,39)40)36-29(35-27)41-18-30-11-4-14-38(30)15-5-12-30/h1-2,6-7,9-10,16,20H,3-5,8,11-15,17-18H2,(H2,33,39,40). The first-order chi connectivity index (χ1) is 20.7. The van der Waals surface area contributed by atoms with Crippen LogP contribution in [0.4, 0.5) is 14.6 Å². The summed E-state index contributed by atoms with van der Waals surface area (Å²) in [6.07, 6.45) is 6.09. The minimum atomic E-state index is -4.16. The highest BCUT2D eigenvalue weighted by Crippen LogP contribution is 2.40. The maximum absolute atomic E-state index is 16.5. The zero-order valence-electron chi connectivity index (χ0n) is 23.5. The number of rotatable bonds is 7. The third kappa shape index (κ3) is 5.28. The van der Waals surface area contributed by atoms with Crippen molar-refractivity contribution in [3.63, 3.8) is 0 Å². The van der Waals surface area contributed by atoms with E-state index >= 15 is 4.39 Å². The molecule has 2 aromatic carbocycles. The highest BCUT2D eigenvalue weighted by molar-refractivity contribution is 7.84. The summed E-state index contributed by atoms with van der Waals surface area (Å²) in [6.45, 7) is 3.11. The number of nitrogens with two attached hydrogens (primary N) is 1. The fraction of sp³-hybridized carbons (Fsp3) is 0.433. The van der Waals surface area contributed by atoms with Crippen LogP contribution in [0.1, 0.15) is 38.5 Å². The van der Waals surface area contributed by atoms with Crippen molar-refractivity contribution < 1.29 is 26.1 Å². The van der Waals surface area contributed by atoms with E-state index in [1.165, 1.54) is 12.3 Å². The van der Waals surface area contributed by atoms with Gasteiger partial charge in [-0.3, -0.25) is 14.1 Å². The van der Waals surface area contributed by atoms with Crippen LogP contribution in [0.3, 0.4) is 0 Å². The van der Waals surface area contributed by atoms with Crippen molar-refractivity contribution in [3.05, 3.63) is 54.2 Å². The fourth-order valence-electron chi connectivity index (χ4n) is 7.07. The molecule has 13 heteroatoms. The molecule has 226 valence electrons. The molecule has 5 heterocycles. The number of ether oxygens (including phenoxy) is 1. The second-order valence-electron chi connectivity index (χ2n) is 11.7. The molecule has 3 aliphatic rings. The number of pyridine rings is 1. The summed E-state index contributed by atoms with van der Waals surface area (Å²) >= 11 is 0. The lowest BCUT2D eigenvalue weighted by molar-refractivity contribution is 0.107. The summed E-state index contributed by atoms with van der Waals surface area (Å²) in [5, 5.41) is 6.36. The molecular weight excluding hydrogens is 578 g/mol. The predicted octanol–water partition coefficient (Wildman–Crippen LogP) is 4.32. The van der Waals surface area contributed by atoms with Gasteiger partial charge in [0.15, 0.2) is 5.82 Å². The highest BCUT2D eigenvalue weighted by atomic mass is 32.2. The minimum absolute atomic E-state index is 0.0139. The Morgan fingerprint density at radius 1 is 1.02 bits per heavy atom. The lowest BCUT2D eigenvalue weighted by Crippen LogP contribution is -2.44. The molecule has 1 atom stereocenters. The zero-order valence-corrected chi connectivity index (χ0v) is 24.3. The molecular formula is C30H32F2N6O4S. The summed E-state index contributed by atoms with van der Waals surface area (Å²) in [5.74, 6) is -0.845. The smallest absolute Gasteiger partial charge is 0.333 e. The molecule has 10 nitrogen and oxygen atoms in total. The average Bonchev–Trinajstić information content (AvgIpc) is 3.56. The summed E-state index contributed by atoms with van der Waals surface area (Å²) in [7, 11) is -4.16. The van der Waals surface area contributed by atoms with Gasteiger partial charge in [-0.2, -0.15) is 18.4 Å². The molecule has 2 aromatic heterocycles. The van der Waals surface area contributed by atoms with Crippen LogP contribution in [0.25, 0.3) is 32.9 Å². The molecule has 3 aliphatic heterocycles. The summed E-state index contributed by atoms with van der Waals surface area (Å²) in [5.41, 5.74) is 0.174. The molecule has 0 radical (unpaired) electrons. The molecule has 4 aromatic rings. The molecule has 3 fully saturated rings. The Kier molecular flexibility index (Phi) is 7.15. The van der Waals surface area contributed by atoms with Gasteiger partial charge in [-0.15, -0.1) is 0 Å². The number of benzene rings is 2. The number of nitrogens with zero attached hydrogens (tertiary/aromatic N) is 5. The van der Waals surface area contributed by atoms with E-state index in [1.54, 1.807) is 30.3 Å². The van der Waals surface area contributed by atoms with Gasteiger partial charge in [0, 0.05) is 30.2 Å². The van der Waals surface area contributed by atoms with E-state index in [2.05, 4.69) is 14.9 Å². The van der Waals surface area contributed by atoms with Crippen molar-refractivity contribution in [2.45, 2.75) is 50.2 Å². The molecule has 0 bridgehead atoms. The largest absolute Gasteiger partial charge is 0.461 e. The van der Waals surface area contributed by atoms with Crippen LogP contribution in [0, 0.1) is 11.6 Å². The van der Waals surface area contributed by atoms with Crippen LogP contribution in [-0.4, -0.2) is 72.7 Å². The van der Waals surface area contributed by atoms with E-state index in [4.69, 9.17) is 19.0 Å². The van der Waals surface area contributed by atoms with Crippen molar-refractivity contribution in [2.75, 3.05) is 37.7 Å². The van der Waals surface area contributed by atoms with Gasteiger partial charge < -0.3 is 9.64 Å². The fourth-order valence-corrected chi connectivity index (χ4v) is 7.60. The van der Waals surface area contributed by atoms with Crippen LogP contribution in [-0.2, 0) is 14.5 Å².